The fourth-order valence-corrected chi connectivity index (χ4v) is 2.38. The second-order valence-corrected chi connectivity index (χ2v) is 5.76. The van der Waals surface area contributed by atoms with Gasteiger partial charge in [0.15, 0.2) is 0 Å². The predicted octanol–water partition coefficient (Wildman–Crippen LogP) is 3.69. The molecule has 0 fully saturated rings. The zero-order chi connectivity index (χ0) is 15.5. The summed E-state index contributed by atoms with van der Waals surface area (Å²) in [6.45, 7) is 13.7. The Hall–Kier alpha value is -1.06. The van der Waals surface area contributed by atoms with E-state index in [9.17, 15) is 0 Å². The average Bonchev–Trinajstić information content (AvgIpc) is 2.48. The Bertz CT molecular complexity index is 379. The summed E-state index contributed by atoms with van der Waals surface area (Å²) in [5, 5.41) is 3.44. The maximum Gasteiger partial charge on any atom is 0.123 e. The molecule has 0 aliphatic carbocycles. The first kappa shape index (κ1) is 18.0. The number of para-hydroxylation sites is 1. The van der Waals surface area contributed by atoms with Crippen LogP contribution in [0.1, 0.15) is 46.1 Å². The van der Waals surface area contributed by atoms with Gasteiger partial charge in [-0.2, -0.15) is 0 Å². The SMILES string of the molecule is CCCNCc1ccccc1OCCN(CCC)C(C)C. The Morgan fingerprint density at radius 1 is 1.10 bits per heavy atom. The number of hydrogen-bond acceptors (Lipinski definition) is 3. The molecule has 0 spiro atoms. The molecule has 0 radical (unpaired) electrons. The van der Waals surface area contributed by atoms with Gasteiger partial charge in [0.25, 0.3) is 0 Å². The quantitative estimate of drug-likeness (QED) is 0.630. The first-order chi connectivity index (χ1) is 10.2. The molecule has 1 aromatic rings. The topological polar surface area (TPSA) is 24.5 Å². The molecule has 3 nitrogen and oxygen atoms in total. The van der Waals surface area contributed by atoms with Crippen molar-refractivity contribution in [1.29, 1.82) is 0 Å². The van der Waals surface area contributed by atoms with Gasteiger partial charge >= 0.3 is 0 Å². The van der Waals surface area contributed by atoms with Crippen LogP contribution < -0.4 is 10.1 Å². The van der Waals surface area contributed by atoms with Crippen molar-refractivity contribution in [3.05, 3.63) is 29.8 Å². The van der Waals surface area contributed by atoms with Crippen molar-refractivity contribution < 1.29 is 4.74 Å². The molecule has 0 atom stereocenters. The maximum absolute atomic E-state index is 6.01. The van der Waals surface area contributed by atoms with Crippen LogP contribution in [0.3, 0.4) is 0 Å². The molecule has 0 saturated heterocycles. The molecule has 1 N–H and O–H groups in total. The zero-order valence-electron chi connectivity index (χ0n) is 14.2. The zero-order valence-corrected chi connectivity index (χ0v) is 14.2. The van der Waals surface area contributed by atoms with Crippen molar-refractivity contribution in [2.24, 2.45) is 0 Å². The number of benzene rings is 1. The Balaban J connectivity index is 2.46. The van der Waals surface area contributed by atoms with Gasteiger partial charge in [0.2, 0.25) is 0 Å². The molecule has 0 saturated carbocycles. The third kappa shape index (κ3) is 6.96. The van der Waals surface area contributed by atoms with Crippen molar-refractivity contribution in [2.75, 3.05) is 26.2 Å². The molecular weight excluding hydrogens is 260 g/mol. The summed E-state index contributed by atoms with van der Waals surface area (Å²) in [5.74, 6) is 1.02. The van der Waals surface area contributed by atoms with E-state index in [2.05, 4.69) is 56.1 Å². The lowest BCUT2D eigenvalue weighted by Gasteiger charge is -2.26. The molecule has 1 rings (SSSR count). The number of hydrogen-bond donors (Lipinski definition) is 1. The molecule has 0 amide bonds. The number of rotatable bonds is 11. The molecular formula is C18H32N2O. The number of ether oxygens (including phenoxy) is 1. The summed E-state index contributed by atoms with van der Waals surface area (Å²) in [6.07, 6.45) is 2.35. The van der Waals surface area contributed by atoms with E-state index in [4.69, 9.17) is 4.74 Å². The summed E-state index contributed by atoms with van der Waals surface area (Å²) in [6, 6.07) is 8.92. The molecule has 0 unspecified atom stereocenters. The first-order valence-electron chi connectivity index (χ1n) is 8.34. The Morgan fingerprint density at radius 3 is 2.52 bits per heavy atom. The van der Waals surface area contributed by atoms with Crippen LogP contribution in [0.15, 0.2) is 24.3 Å². The highest BCUT2D eigenvalue weighted by molar-refractivity contribution is 5.33. The minimum atomic E-state index is 0.579. The summed E-state index contributed by atoms with van der Waals surface area (Å²) < 4.78 is 6.01. The third-order valence-electron chi connectivity index (χ3n) is 3.59. The molecule has 3 heteroatoms. The van der Waals surface area contributed by atoms with E-state index in [1.54, 1.807) is 0 Å². The van der Waals surface area contributed by atoms with E-state index in [1.807, 2.05) is 6.07 Å². The Morgan fingerprint density at radius 2 is 1.86 bits per heavy atom. The predicted molar refractivity (Wildman–Crippen MR) is 90.9 cm³/mol. The monoisotopic (exact) mass is 292 g/mol. The van der Waals surface area contributed by atoms with Crippen LogP contribution in [0.4, 0.5) is 0 Å². The van der Waals surface area contributed by atoms with Crippen LogP contribution in [0.5, 0.6) is 5.75 Å². The van der Waals surface area contributed by atoms with Crippen molar-refractivity contribution in [3.63, 3.8) is 0 Å². The van der Waals surface area contributed by atoms with Crippen molar-refractivity contribution in [3.8, 4) is 5.75 Å². The van der Waals surface area contributed by atoms with Crippen molar-refractivity contribution in [1.82, 2.24) is 10.2 Å². The van der Waals surface area contributed by atoms with Crippen LogP contribution in [0.2, 0.25) is 0 Å². The Labute approximate surface area is 130 Å². The van der Waals surface area contributed by atoms with E-state index in [1.165, 1.54) is 12.0 Å². The second-order valence-electron chi connectivity index (χ2n) is 5.76. The lowest BCUT2D eigenvalue weighted by molar-refractivity contribution is 0.175. The normalized spacial score (nSPS) is 11.3. The fraction of sp³-hybridized carbons (Fsp3) is 0.667. The molecule has 1 aromatic carbocycles. The van der Waals surface area contributed by atoms with Crippen LogP contribution >= 0.6 is 0 Å². The lowest BCUT2D eigenvalue weighted by atomic mass is 10.2. The smallest absolute Gasteiger partial charge is 0.123 e. The van der Waals surface area contributed by atoms with E-state index in [-0.39, 0.29) is 0 Å². The van der Waals surface area contributed by atoms with Crippen LogP contribution in [-0.4, -0.2) is 37.2 Å². The van der Waals surface area contributed by atoms with E-state index >= 15 is 0 Å². The molecule has 0 bridgehead atoms. The molecule has 0 aliphatic rings. The van der Waals surface area contributed by atoms with Gasteiger partial charge in [-0.15, -0.1) is 0 Å². The van der Waals surface area contributed by atoms with Crippen LogP contribution in [-0.2, 0) is 6.54 Å². The Kier molecular flexibility index (Phi) is 9.11. The summed E-state index contributed by atoms with van der Waals surface area (Å²) >= 11 is 0. The molecule has 0 aliphatic heterocycles. The lowest BCUT2D eigenvalue weighted by Crippen LogP contribution is -2.35. The van der Waals surface area contributed by atoms with Gasteiger partial charge < -0.3 is 10.1 Å². The van der Waals surface area contributed by atoms with E-state index in [0.29, 0.717) is 6.04 Å². The maximum atomic E-state index is 6.01. The minimum absolute atomic E-state index is 0.579. The first-order valence-corrected chi connectivity index (χ1v) is 8.34. The van der Waals surface area contributed by atoms with Gasteiger partial charge in [-0.25, -0.2) is 0 Å². The molecule has 21 heavy (non-hydrogen) atoms. The van der Waals surface area contributed by atoms with Crippen molar-refractivity contribution in [2.45, 2.75) is 53.1 Å². The van der Waals surface area contributed by atoms with Gasteiger partial charge in [-0.05, 0) is 45.8 Å². The number of nitrogens with one attached hydrogen (secondary N) is 1. The highest BCUT2D eigenvalue weighted by Gasteiger charge is 2.09. The third-order valence-corrected chi connectivity index (χ3v) is 3.59. The van der Waals surface area contributed by atoms with Gasteiger partial charge in [0.1, 0.15) is 12.4 Å². The second kappa shape index (κ2) is 10.6. The highest BCUT2D eigenvalue weighted by Crippen LogP contribution is 2.17. The summed E-state index contributed by atoms with van der Waals surface area (Å²) in [4.78, 5) is 2.47. The summed E-state index contributed by atoms with van der Waals surface area (Å²) in [5.41, 5.74) is 1.25. The molecule has 120 valence electrons. The van der Waals surface area contributed by atoms with Gasteiger partial charge in [-0.1, -0.05) is 32.0 Å². The molecule has 0 heterocycles. The van der Waals surface area contributed by atoms with Gasteiger partial charge in [-0.3, -0.25) is 4.90 Å². The van der Waals surface area contributed by atoms with Gasteiger partial charge in [0, 0.05) is 24.7 Å². The molecule has 0 aromatic heterocycles. The largest absolute Gasteiger partial charge is 0.492 e. The highest BCUT2D eigenvalue weighted by atomic mass is 16.5. The average molecular weight is 292 g/mol. The van der Waals surface area contributed by atoms with Crippen molar-refractivity contribution >= 4 is 0 Å². The van der Waals surface area contributed by atoms with Crippen LogP contribution in [0.25, 0.3) is 0 Å². The fourth-order valence-electron chi connectivity index (χ4n) is 2.38. The number of nitrogens with zero attached hydrogens (tertiary/aromatic N) is 1. The van der Waals surface area contributed by atoms with E-state index < -0.39 is 0 Å². The van der Waals surface area contributed by atoms with Gasteiger partial charge in [0.05, 0.1) is 0 Å². The van der Waals surface area contributed by atoms with Crippen LogP contribution in [0, 0.1) is 0 Å². The van der Waals surface area contributed by atoms with E-state index in [0.717, 1.165) is 45.0 Å². The standard InChI is InChI=1S/C18H32N2O/c1-5-11-19-15-17-9-7-8-10-18(17)21-14-13-20(12-6-2)16(3)4/h7-10,16,19H,5-6,11-15H2,1-4H3. The minimum Gasteiger partial charge on any atom is -0.492 e. The summed E-state index contributed by atoms with van der Waals surface area (Å²) in [7, 11) is 0.